The molecule has 4 rings (SSSR count). The molecule has 98 valence electrons. The average molecular weight is 256 g/mol. The van der Waals surface area contributed by atoms with Gasteiger partial charge in [0.25, 0.3) is 0 Å². The van der Waals surface area contributed by atoms with Crippen LogP contribution in [-0.2, 0) is 12.7 Å². The van der Waals surface area contributed by atoms with E-state index in [4.69, 9.17) is 0 Å². The maximum absolute atomic E-state index is 12.9. The molecular formula is C13H15F3N2. The second-order valence-electron chi connectivity index (χ2n) is 6.19. The summed E-state index contributed by atoms with van der Waals surface area (Å²) < 4.78 is 40.3. The molecule has 18 heavy (non-hydrogen) atoms. The minimum atomic E-state index is -4.25. The first-order chi connectivity index (χ1) is 8.48. The molecule has 1 aromatic rings. The van der Waals surface area contributed by atoms with Crippen LogP contribution in [0.1, 0.15) is 49.3 Å². The number of hydrogen-bond donors (Lipinski definition) is 0. The summed E-state index contributed by atoms with van der Waals surface area (Å²) in [4.78, 5) is 0. The Bertz CT molecular complexity index is 495. The standard InChI is InChI=1S/C13H15F3N2/c14-13(15,16)10-7-18(17-11(10)8-1-2-8)6-9-5-12(9)3-4-12/h7-9H,1-6H2. The smallest absolute Gasteiger partial charge is 0.272 e. The van der Waals surface area contributed by atoms with E-state index in [1.165, 1.54) is 25.5 Å². The van der Waals surface area contributed by atoms with E-state index in [0.717, 1.165) is 12.8 Å². The van der Waals surface area contributed by atoms with Crippen LogP contribution in [0.2, 0.25) is 0 Å². The Morgan fingerprint density at radius 3 is 2.56 bits per heavy atom. The van der Waals surface area contributed by atoms with Crippen LogP contribution in [0.3, 0.4) is 0 Å². The fraction of sp³-hybridized carbons (Fsp3) is 0.769. The topological polar surface area (TPSA) is 17.8 Å². The molecule has 0 aliphatic heterocycles. The van der Waals surface area contributed by atoms with Crippen molar-refractivity contribution in [3.05, 3.63) is 17.5 Å². The molecule has 3 saturated carbocycles. The molecule has 1 atom stereocenters. The summed E-state index contributed by atoms with van der Waals surface area (Å²) in [6, 6.07) is 0. The Morgan fingerprint density at radius 1 is 1.33 bits per heavy atom. The first kappa shape index (κ1) is 10.9. The highest BCUT2D eigenvalue weighted by molar-refractivity contribution is 5.27. The van der Waals surface area contributed by atoms with E-state index < -0.39 is 11.7 Å². The van der Waals surface area contributed by atoms with Crippen LogP contribution in [0.25, 0.3) is 0 Å². The Morgan fingerprint density at radius 2 is 2.06 bits per heavy atom. The molecule has 1 heterocycles. The predicted octanol–water partition coefficient (Wildman–Crippen LogP) is 3.58. The van der Waals surface area contributed by atoms with Gasteiger partial charge in [-0.3, -0.25) is 4.68 Å². The van der Waals surface area contributed by atoms with Crippen molar-refractivity contribution in [1.82, 2.24) is 9.78 Å². The van der Waals surface area contributed by atoms with Crippen molar-refractivity contribution < 1.29 is 13.2 Å². The fourth-order valence-corrected chi connectivity index (χ4v) is 3.10. The molecule has 5 heteroatoms. The molecule has 0 aromatic carbocycles. The number of aromatic nitrogens is 2. The third kappa shape index (κ3) is 1.67. The molecule has 0 amide bonds. The summed E-state index contributed by atoms with van der Waals surface area (Å²) >= 11 is 0. The lowest BCUT2D eigenvalue weighted by Crippen LogP contribution is -2.06. The Hall–Kier alpha value is -1.00. The molecule has 0 N–H and O–H groups in total. The van der Waals surface area contributed by atoms with Gasteiger partial charge in [-0.05, 0) is 43.4 Å². The van der Waals surface area contributed by atoms with Gasteiger partial charge in [-0.1, -0.05) is 0 Å². The Kier molecular flexibility index (Phi) is 1.88. The monoisotopic (exact) mass is 256 g/mol. The van der Waals surface area contributed by atoms with E-state index in [1.54, 1.807) is 4.68 Å². The molecule has 2 nitrogen and oxygen atoms in total. The highest BCUT2D eigenvalue weighted by Crippen LogP contribution is 2.71. The lowest BCUT2D eigenvalue weighted by molar-refractivity contribution is -0.138. The van der Waals surface area contributed by atoms with E-state index >= 15 is 0 Å². The van der Waals surface area contributed by atoms with Crippen molar-refractivity contribution in [3.8, 4) is 0 Å². The Balaban J connectivity index is 1.59. The van der Waals surface area contributed by atoms with Crippen LogP contribution in [0.15, 0.2) is 6.20 Å². The fourth-order valence-electron chi connectivity index (χ4n) is 3.10. The second kappa shape index (κ2) is 3.11. The van der Waals surface area contributed by atoms with Crippen molar-refractivity contribution in [2.45, 2.75) is 50.7 Å². The molecule has 0 bridgehead atoms. The van der Waals surface area contributed by atoms with Gasteiger partial charge in [0.2, 0.25) is 0 Å². The zero-order valence-electron chi connectivity index (χ0n) is 10.0. The molecule has 3 aliphatic rings. The zero-order valence-corrected chi connectivity index (χ0v) is 10.0. The van der Waals surface area contributed by atoms with E-state index in [9.17, 15) is 13.2 Å². The number of rotatable bonds is 3. The summed E-state index contributed by atoms with van der Waals surface area (Å²) in [6.07, 6.45) is 2.40. The molecule has 3 fully saturated rings. The molecule has 3 aliphatic carbocycles. The normalized spacial score (nSPS) is 28.7. The van der Waals surface area contributed by atoms with Gasteiger partial charge < -0.3 is 0 Å². The zero-order chi connectivity index (χ0) is 12.5. The van der Waals surface area contributed by atoms with Crippen LogP contribution in [0, 0.1) is 11.3 Å². The van der Waals surface area contributed by atoms with E-state index in [-0.39, 0.29) is 11.6 Å². The second-order valence-corrected chi connectivity index (χ2v) is 6.19. The highest BCUT2D eigenvalue weighted by Gasteiger charge is 2.62. The number of hydrogen-bond acceptors (Lipinski definition) is 1. The summed E-state index contributed by atoms with van der Waals surface area (Å²) in [5.74, 6) is 0.627. The summed E-state index contributed by atoms with van der Waals surface area (Å²) in [7, 11) is 0. The number of halogens is 3. The van der Waals surface area contributed by atoms with Crippen molar-refractivity contribution in [2.75, 3.05) is 0 Å². The molecule has 1 unspecified atom stereocenters. The molecular weight excluding hydrogens is 241 g/mol. The van der Waals surface area contributed by atoms with Gasteiger partial charge in [-0.15, -0.1) is 0 Å². The maximum atomic E-state index is 12.9. The molecule has 0 radical (unpaired) electrons. The summed E-state index contributed by atoms with van der Waals surface area (Å²) in [5, 5.41) is 4.21. The first-order valence-corrected chi connectivity index (χ1v) is 6.62. The highest BCUT2D eigenvalue weighted by atomic mass is 19.4. The van der Waals surface area contributed by atoms with Gasteiger partial charge in [-0.2, -0.15) is 18.3 Å². The van der Waals surface area contributed by atoms with Gasteiger partial charge in [0, 0.05) is 18.7 Å². The minimum absolute atomic E-state index is 0.0527. The van der Waals surface area contributed by atoms with Crippen LogP contribution in [-0.4, -0.2) is 9.78 Å². The number of alkyl halides is 3. The largest absolute Gasteiger partial charge is 0.419 e. The SMILES string of the molecule is FC(F)(F)c1cn(CC2CC23CC3)nc1C1CC1. The van der Waals surface area contributed by atoms with Crippen LogP contribution < -0.4 is 0 Å². The van der Waals surface area contributed by atoms with Crippen molar-refractivity contribution in [3.63, 3.8) is 0 Å². The van der Waals surface area contributed by atoms with Crippen LogP contribution in [0.5, 0.6) is 0 Å². The predicted molar refractivity (Wildman–Crippen MR) is 59.0 cm³/mol. The number of nitrogens with zero attached hydrogens (tertiary/aromatic N) is 2. The first-order valence-electron chi connectivity index (χ1n) is 6.62. The van der Waals surface area contributed by atoms with Crippen molar-refractivity contribution in [1.29, 1.82) is 0 Å². The van der Waals surface area contributed by atoms with Gasteiger partial charge in [-0.25, -0.2) is 0 Å². The minimum Gasteiger partial charge on any atom is -0.272 e. The quantitative estimate of drug-likeness (QED) is 0.808. The summed E-state index contributed by atoms with van der Waals surface area (Å²) in [6.45, 7) is 0.676. The van der Waals surface area contributed by atoms with Gasteiger partial charge in [0.05, 0.1) is 11.3 Å². The summed E-state index contributed by atoms with van der Waals surface area (Å²) in [5.41, 5.74) is 0.299. The maximum Gasteiger partial charge on any atom is 0.419 e. The van der Waals surface area contributed by atoms with Crippen LogP contribution >= 0.6 is 0 Å². The average Bonchev–Trinajstić information content (AvgIpc) is 3.15. The van der Waals surface area contributed by atoms with Crippen molar-refractivity contribution >= 4 is 0 Å². The van der Waals surface area contributed by atoms with Gasteiger partial charge in [0.15, 0.2) is 0 Å². The third-order valence-electron chi connectivity index (χ3n) is 4.72. The van der Waals surface area contributed by atoms with E-state index in [0.29, 0.717) is 17.9 Å². The lowest BCUT2D eigenvalue weighted by Gasteiger charge is -2.04. The van der Waals surface area contributed by atoms with Gasteiger partial charge >= 0.3 is 6.18 Å². The lowest BCUT2D eigenvalue weighted by atomic mass is 10.2. The molecule has 1 spiro atoms. The molecule has 1 aromatic heterocycles. The molecule has 0 saturated heterocycles. The van der Waals surface area contributed by atoms with Crippen LogP contribution in [0.4, 0.5) is 13.2 Å². The van der Waals surface area contributed by atoms with Gasteiger partial charge in [0.1, 0.15) is 0 Å². The van der Waals surface area contributed by atoms with E-state index in [1.807, 2.05) is 0 Å². The third-order valence-corrected chi connectivity index (χ3v) is 4.72. The van der Waals surface area contributed by atoms with E-state index in [2.05, 4.69) is 5.10 Å². The van der Waals surface area contributed by atoms with Crippen molar-refractivity contribution in [2.24, 2.45) is 11.3 Å². The Labute approximate surface area is 103 Å².